The Morgan fingerprint density at radius 1 is 1.42 bits per heavy atom. The van der Waals surface area contributed by atoms with E-state index in [1.165, 1.54) is 6.07 Å². The summed E-state index contributed by atoms with van der Waals surface area (Å²) in [6, 6.07) is 4.19. The van der Waals surface area contributed by atoms with Crippen LogP contribution in [0, 0.1) is 0 Å². The summed E-state index contributed by atoms with van der Waals surface area (Å²) in [5, 5.41) is 0.487. The van der Waals surface area contributed by atoms with E-state index in [1.807, 2.05) is 16.7 Å². The maximum absolute atomic E-state index is 12.8. The molecule has 1 aromatic carbocycles. The normalized spacial score (nSPS) is 20.6. The molecule has 0 aliphatic carbocycles. The predicted molar refractivity (Wildman–Crippen MR) is 74.6 cm³/mol. The van der Waals surface area contributed by atoms with E-state index in [9.17, 15) is 13.2 Å². The highest BCUT2D eigenvalue weighted by Crippen LogP contribution is 2.36. The Kier molecular flexibility index (Phi) is 4.18. The van der Waals surface area contributed by atoms with Gasteiger partial charge in [-0.1, -0.05) is 6.92 Å². The number of anilines is 2. The zero-order valence-electron chi connectivity index (χ0n) is 10.7. The van der Waals surface area contributed by atoms with Crippen molar-refractivity contribution in [2.45, 2.75) is 24.8 Å². The number of halogens is 3. The van der Waals surface area contributed by atoms with E-state index in [0.29, 0.717) is 10.9 Å². The number of alkyl halides is 3. The lowest BCUT2D eigenvalue weighted by molar-refractivity contribution is -0.136. The van der Waals surface area contributed by atoms with Gasteiger partial charge >= 0.3 is 6.18 Å². The van der Waals surface area contributed by atoms with Gasteiger partial charge in [0.25, 0.3) is 0 Å². The fourth-order valence-corrected chi connectivity index (χ4v) is 3.37. The van der Waals surface area contributed by atoms with Crippen LogP contribution in [0.5, 0.6) is 0 Å². The minimum atomic E-state index is -4.39. The Morgan fingerprint density at radius 3 is 2.79 bits per heavy atom. The first-order chi connectivity index (χ1) is 8.91. The molecule has 2 nitrogen and oxygen atoms in total. The molecule has 0 amide bonds. The second-order valence-corrected chi connectivity index (χ2v) is 6.02. The lowest BCUT2D eigenvalue weighted by Crippen LogP contribution is -2.37. The molecule has 2 rings (SSSR count). The Morgan fingerprint density at radius 2 is 2.16 bits per heavy atom. The monoisotopic (exact) mass is 290 g/mol. The van der Waals surface area contributed by atoms with Gasteiger partial charge in [0.15, 0.2) is 0 Å². The smallest absolute Gasteiger partial charge is 0.398 e. The summed E-state index contributed by atoms with van der Waals surface area (Å²) < 4.78 is 38.5. The van der Waals surface area contributed by atoms with Crippen molar-refractivity contribution >= 4 is 23.1 Å². The second kappa shape index (κ2) is 5.53. The molecule has 1 unspecified atom stereocenters. The van der Waals surface area contributed by atoms with Crippen LogP contribution in [-0.4, -0.2) is 24.1 Å². The van der Waals surface area contributed by atoms with E-state index in [4.69, 9.17) is 5.73 Å². The molecule has 0 saturated carbocycles. The van der Waals surface area contributed by atoms with Crippen LogP contribution in [-0.2, 0) is 6.18 Å². The molecule has 1 aliphatic heterocycles. The lowest BCUT2D eigenvalue weighted by atomic mass is 10.1. The molecule has 1 saturated heterocycles. The van der Waals surface area contributed by atoms with Gasteiger partial charge in [-0.25, -0.2) is 0 Å². The first kappa shape index (κ1) is 14.4. The van der Waals surface area contributed by atoms with Gasteiger partial charge in [-0.2, -0.15) is 24.9 Å². The molecule has 19 heavy (non-hydrogen) atoms. The molecule has 0 radical (unpaired) electrons. The molecule has 6 heteroatoms. The highest BCUT2D eigenvalue weighted by atomic mass is 32.2. The molecule has 106 valence electrons. The van der Waals surface area contributed by atoms with Gasteiger partial charge in [-0.15, -0.1) is 0 Å². The quantitative estimate of drug-likeness (QED) is 0.844. The maximum Gasteiger partial charge on any atom is 0.418 e. The van der Waals surface area contributed by atoms with Crippen LogP contribution >= 0.6 is 11.8 Å². The average Bonchev–Trinajstić information content (AvgIpc) is 2.38. The van der Waals surface area contributed by atoms with Gasteiger partial charge in [-0.3, -0.25) is 0 Å². The Bertz CT molecular complexity index is 448. The molecule has 1 heterocycles. The number of hydrogen-bond acceptors (Lipinski definition) is 3. The highest BCUT2D eigenvalue weighted by molar-refractivity contribution is 8.00. The molecular weight excluding hydrogens is 273 g/mol. The number of nitrogen functional groups attached to an aromatic ring is 1. The van der Waals surface area contributed by atoms with E-state index in [0.717, 1.165) is 31.3 Å². The van der Waals surface area contributed by atoms with Crippen LogP contribution in [0.2, 0.25) is 0 Å². The van der Waals surface area contributed by atoms with Crippen molar-refractivity contribution in [2.24, 2.45) is 0 Å². The van der Waals surface area contributed by atoms with Crippen LogP contribution in [0.3, 0.4) is 0 Å². The third kappa shape index (κ3) is 3.29. The van der Waals surface area contributed by atoms with Gasteiger partial charge in [-0.05, 0) is 24.6 Å². The van der Waals surface area contributed by atoms with E-state index in [2.05, 4.69) is 6.92 Å². The molecule has 0 spiro atoms. The summed E-state index contributed by atoms with van der Waals surface area (Å²) in [6.45, 7) is 3.68. The maximum atomic E-state index is 12.8. The van der Waals surface area contributed by atoms with E-state index in [1.54, 1.807) is 6.07 Å². The zero-order valence-corrected chi connectivity index (χ0v) is 11.5. The minimum Gasteiger partial charge on any atom is -0.398 e. The van der Waals surface area contributed by atoms with Gasteiger partial charge in [0, 0.05) is 35.5 Å². The number of thioether (sulfide) groups is 1. The molecule has 1 atom stereocenters. The second-order valence-electron chi connectivity index (χ2n) is 4.62. The number of rotatable bonds is 2. The van der Waals surface area contributed by atoms with Crippen molar-refractivity contribution in [1.82, 2.24) is 0 Å². The van der Waals surface area contributed by atoms with Crippen LogP contribution in [0.25, 0.3) is 0 Å². The van der Waals surface area contributed by atoms with Gasteiger partial charge in [0.05, 0.1) is 5.56 Å². The van der Waals surface area contributed by atoms with E-state index < -0.39 is 11.7 Å². The molecule has 0 aromatic heterocycles. The van der Waals surface area contributed by atoms with E-state index in [-0.39, 0.29) is 5.69 Å². The lowest BCUT2D eigenvalue weighted by Gasteiger charge is -2.34. The van der Waals surface area contributed by atoms with Gasteiger partial charge in [0.2, 0.25) is 0 Å². The minimum absolute atomic E-state index is 0.213. The van der Waals surface area contributed by atoms with Gasteiger partial charge in [0.1, 0.15) is 0 Å². The summed E-state index contributed by atoms with van der Waals surface area (Å²) in [6.07, 6.45) is -3.36. The first-order valence-electron chi connectivity index (χ1n) is 6.25. The predicted octanol–water partition coefficient (Wildman–Crippen LogP) is 3.62. The number of nitrogens with zero attached hydrogens (tertiary/aromatic N) is 1. The Balaban J connectivity index is 2.25. The van der Waals surface area contributed by atoms with Gasteiger partial charge < -0.3 is 10.6 Å². The molecule has 1 aliphatic rings. The number of hydrogen-bond donors (Lipinski definition) is 1. The highest BCUT2D eigenvalue weighted by Gasteiger charge is 2.33. The van der Waals surface area contributed by atoms with Crippen molar-refractivity contribution in [2.75, 3.05) is 29.5 Å². The topological polar surface area (TPSA) is 29.3 Å². The summed E-state index contributed by atoms with van der Waals surface area (Å²) in [7, 11) is 0. The fourth-order valence-electron chi connectivity index (χ4n) is 2.19. The Labute approximate surface area is 115 Å². The van der Waals surface area contributed by atoms with Crippen molar-refractivity contribution in [3.8, 4) is 0 Å². The molecule has 2 N–H and O–H groups in total. The number of benzene rings is 1. The van der Waals surface area contributed by atoms with Crippen LogP contribution in [0.15, 0.2) is 18.2 Å². The summed E-state index contributed by atoms with van der Waals surface area (Å²) in [5.74, 6) is 0.949. The van der Waals surface area contributed by atoms with Crippen molar-refractivity contribution in [3.05, 3.63) is 23.8 Å². The molecule has 1 aromatic rings. The van der Waals surface area contributed by atoms with Crippen molar-refractivity contribution in [3.63, 3.8) is 0 Å². The third-order valence-electron chi connectivity index (χ3n) is 3.30. The number of nitrogens with two attached hydrogens (primary N) is 1. The first-order valence-corrected chi connectivity index (χ1v) is 7.30. The zero-order chi connectivity index (χ0) is 14.0. The fraction of sp³-hybridized carbons (Fsp3) is 0.538. The van der Waals surface area contributed by atoms with Crippen LogP contribution in [0.1, 0.15) is 18.9 Å². The van der Waals surface area contributed by atoms with Crippen molar-refractivity contribution < 1.29 is 13.2 Å². The molecule has 0 bridgehead atoms. The van der Waals surface area contributed by atoms with E-state index >= 15 is 0 Å². The average molecular weight is 290 g/mol. The van der Waals surface area contributed by atoms with Crippen LogP contribution in [0.4, 0.5) is 24.5 Å². The summed E-state index contributed by atoms with van der Waals surface area (Å²) >= 11 is 1.89. The van der Waals surface area contributed by atoms with Crippen molar-refractivity contribution in [1.29, 1.82) is 0 Å². The summed E-state index contributed by atoms with van der Waals surface area (Å²) in [4.78, 5) is 2.01. The Hall–Kier alpha value is -1.04. The third-order valence-corrected chi connectivity index (χ3v) is 4.67. The molecular formula is C13H17F3N2S. The largest absolute Gasteiger partial charge is 0.418 e. The standard InChI is InChI=1S/C13H17F3N2S/c1-2-10-8-18(5-6-19-10)9-3-4-12(17)11(7-9)13(14,15)16/h3-4,7,10H,2,5-6,8,17H2,1H3. The SMILES string of the molecule is CCC1CN(c2ccc(N)c(C(F)(F)F)c2)CCS1. The van der Waals surface area contributed by atoms with Crippen LogP contribution < -0.4 is 10.6 Å². The summed E-state index contributed by atoms with van der Waals surface area (Å²) in [5.41, 5.74) is 5.07. The molecule has 1 fully saturated rings.